The Kier molecular flexibility index (Phi) is 5.70. The van der Waals surface area contributed by atoms with Crippen LogP contribution in [0.5, 0.6) is 0 Å². The van der Waals surface area contributed by atoms with Gasteiger partial charge >= 0.3 is 0 Å². The molecule has 1 aliphatic heterocycles. The van der Waals surface area contributed by atoms with Crippen LogP contribution in [0.25, 0.3) is 0 Å². The number of nitrogens with one attached hydrogen (secondary N) is 1. The van der Waals surface area contributed by atoms with Gasteiger partial charge in [0, 0.05) is 23.6 Å². The minimum absolute atomic E-state index is 0.107. The van der Waals surface area contributed by atoms with E-state index in [9.17, 15) is 15.3 Å². The van der Waals surface area contributed by atoms with Crippen LogP contribution in [0.1, 0.15) is 10.4 Å². The van der Waals surface area contributed by atoms with Crippen molar-refractivity contribution in [3.8, 4) is 12.1 Å². The van der Waals surface area contributed by atoms with Gasteiger partial charge in [-0.15, -0.1) is 0 Å². The van der Waals surface area contributed by atoms with Crippen LogP contribution in [0.15, 0.2) is 88.9 Å². The third kappa shape index (κ3) is 4.27. The monoisotopic (exact) mass is 423 g/mol. The van der Waals surface area contributed by atoms with Gasteiger partial charge in [-0.05, 0) is 48.2 Å². The van der Waals surface area contributed by atoms with Crippen LogP contribution in [-0.4, -0.2) is 20.8 Å². The number of thioether (sulfide) groups is 1. The summed E-state index contributed by atoms with van der Waals surface area (Å²) >= 11 is 1.01. The van der Waals surface area contributed by atoms with Gasteiger partial charge in [-0.2, -0.15) is 15.6 Å². The number of nitriles is 2. The first-order valence-electron chi connectivity index (χ1n) is 9.03. The molecule has 0 unspecified atom stereocenters. The van der Waals surface area contributed by atoms with Crippen LogP contribution in [0, 0.1) is 22.7 Å². The zero-order valence-electron chi connectivity index (χ0n) is 15.9. The fraction of sp³-hybridized carbons (Fsp3) is 0. The van der Waals surface area contributed by atoms with Gasteiger partial charge in [0.1, 0.15) is 23.0 Å². The summed E-state index contributed by atoms with van der Waals surface area (Å²) in [6.45, 7) is 0. The van der Waals surface area contributed by atoms with E-state index >= 15 is 0 Å². The number of allylic oxidation sites excluding steroid dienone is 1. The molecule has 0 amide bonds. The number of aromatic nitrogens is 2. The van der Waals surface area contributed by atoms with E-state index in [0.29, 0.717) is 22.1 Å². The third-order valence-corrected chi connectivity index (χ3v) is 5.22. The number of nitrogens with zero attached hydrogens (tertiary/aromatic N) is 6. The second kappa shape index (κ2) is 8.91. The number of ketones is 1. The van der Waals surface area contributed by atoms with Gasteiger partial charge in [0.2, 0.25) is 5.78 Å². The van der Waals surface area contributed by atoms with Crippen LogP contribution in [0.4, 0.5) is 17.2 Å². The van der Waals surface area contributed by atoms with Crippen LogP contribution in [0.3, 0.4) is 0 Å². The summed E-state index contributed by atoms with van der Waals surface area (Å²) in [6, 6.07) is 19.7. The normalized spacial score (nSPS) is 12.5. The van der Waals surface area contributed by atoms with Crippen molar-refractivity contribution in [1.29, 1.82) is 10.5 Å². The molecule has 0 saturated heterocycles. The molecule has 1 aliphatic rings. The molecule has 0 radical (unpaired) electrons. The largest absolute Gasteiger partial charge is 0.339 e. The maximum atomic E-state index is 13.0. The van der Waals surface area contributed by atoms with E-state index in [1.807, 2.05) is 30.3 Å². The van der Waals surface area contributed by atoms with Gasteiger partial charge in [0.05, 0.1) is 11.9 Å². The molecular formula is C22H13N7OS. The number of rotatable bonds is 5. The summed E-state index contributed by atoms with van der Waals surface area (Å²) in [5, 5.41) is 28.1. The van der Waals surface area contributed by atoms with E-state index < -0.39 is 0 Å². The number of hydrogen-bond donors (Lipinski definition) is 1. The molecule has 1 N–H and O–H groups in total. The first kappa shape index (κ1) is 19.8. The van der Waals surface area contributed by atoms with Crippen molar-refractivity contribution in [2.45, 2.75) is 0 Å². The molecule has 31 heavy (non-hydrogen) atoms. The van der Waals surface area contributed by atoms with Crippen molar-refractivity contribution < 1.29 is 4.79 Å². The lowest BCUT2D eigenvalue weighted by Crippen LogP contribution is -2.11. The Morgan fingerprint density at radius 1 is 1.00 bits per heavy atom. The molecule has 0 saturated carbocycles. The van der Waals surface area contributed by atoms with Crippen molar-refractivity contribution in [3.05, 3.63) is 89.4 Å². The van der Waals surface area contributed by atoms with E-state index in [4.69, 9.17) is 0 Å². The Bertz CT molecular complexity index is 1240. The SMILES string of the molecule is N#CC(C#N)=C1SC(C(=O)c2ccc(Nc3cnccn3)cc2)=NN1c1ccccc1. The van der Waals surface area contributed by atoms with Gasteiger partial charge in [0.25, 0.3) is 0 Å². The lowest BCUT2D eigenvalue weighted by atomic mass is 10.1. The first-order chi connectivity index (χ1) is 15.2. The highest BCUT2D eigenvalue weighted by Crippen LogP contribution is 2.37. The third-order valence-electron chi connectivity index (χ3n) is 4.19. The highest BCUT2D eigenvalue weighted by molar-refractivity contribution is 8.19. The number of hydrazone groups is 1. The van der Waals surface area contributed by atoms with Crippen LogP contribution in [-0.2, 0) is 0 Å². The van der Waals surface area contributed by atoms with Crippen LogP contribution < -0.4 is 10.3 Å². The first-order valence-corrected chi connectivity index (χ1v) is 9.85. The van der Waals surface area contributed by atoms with E-state index in [-0.39, 0.29) is 16.4 Å². The number of Topliss-reactive ketones (excluding diaryl/α,β-unsaturated/α-hetero) is 1. The van der Waals surface area contributed by atoms with E-state index in [2.05, 4.69) is 20.4 Å². The van der Waals surface area contributed by atoms with Gasteiger partial charge in [-0.3, -0.25) is 9.78 Å². The number of para-hydroxylation sites is 1. The van der Waals surface area contributed by atoms with Crippen LogP contribution >= 0.6 is 11.8 Å². The summed E-state index contributed by atoms with van der Waals surface area (Å²) in [5.41, 5.74) is 1.73. The summed E-state index contributed by atoms with van der Waals surface area (Å²) in [5.74, 6) is 0.285. The molecule has 0 atom stereocenters. The Balaban J connectivity index is 1.60. The number of carbonyl (C=O) groups excluding carboxylic acids is 1. The van der Waals surface area contributed by atoms with Crippen molar-refractivity contribution in [2.75, 3.05) is 10.3 Å². The molecule has 0 fully saturated rings. The summed E-state index contributed by atoms with van der Waals surface area (Å²) in [6.07, 6.45) is 4.76. The predicted octanol–water partition coefficient (Wildman–Crippen LogP) is 4.23. The molecule has 8 nitrogen and oxygen atoms in total. The average Bonchev–Trinajstić information content (AvgIpc) is 3.26. The maximum absolute atomic E-state index is 13.0. The number of hydrogen-bond acceptors (Lipinski definition) is 9. The molecular weight excluding hydrogens is 410 g/mol. The second-order valence-electron chi connectivity index (χ2n) is 6.18. The van der Waals surface area contributed by atoms with E-state index in [1.54, 1.807) is 55.0 Å². The van der Waals surface area contributed by atoms with Crippen molar-refractivity contribution in [3.63, 3.8) is 0 Å². The second-order valence-corrected chi connectivity index (χ2v) is 7.16. The smallest absolute Gasteiger partial charge is 0.220 e. The lowest BCUT2D eigenvalue weighted by Gasteiger charge is -2.14. The summed E-state index contributed by atoms with van der Waals surface area (Å²) in [4.78, 5) is 21.2. The van der Waals surface area contributed by atoms with Gasteiger partial charge in [-0.25, -0.2) is 9.99 Å². The minimum Gasteiger partial charge on any atom is -0.339 e. The zero-order chi connectivity index (χ0) is 21.6. The zero-order valence-corrected chi connectivity index (χ0v) is 16.7. The maximum Gasteiger partial charge on any atom is 0.220 e. The lowest BCUT2D eigenvalue weighted by molar-refractivity contribution is 0.106. The Hall–Kier alpha value is -4.47. The van der Waals surface area contributed by atoms with Crippen molar-refractivity contribution in [1.82, 2.24) is 9.97 Å². The molecule has 148 valence electrons. The molecule has 3 aromatic rings. The molecule has 9 heteroatoms. The standard InChI is InChI=1S/C22H13N7OS/c23-12-16(13-24)22-29(18-4-2-1-3-5-18)28-21(31-22)20(30)15-6-8-17(9-7-15)27-19-14-25-10-11-26-19/h1-11,14H,(H,26,27). The van der Waals surface area contributed by atoms with Gasteiger partial charge in [-0.1, -0.05) is 18.2 Å². The Morgan fingerprint density at radius 3 is 2.39 bits per heavy atom. The molecule has 0 bridgehead atoms. The molecule has 2 heterocycles. The average molecular weight is 423 g/mol. The van der Waals surface area contributed by atoms with Crippen LogP contribution in [0.2, 0.25) is 0 Å². The van der Waals surface area contributed by atoms with E-state index in [0.717, 1.165) is 17.4 Å². The summed E-state index contributed by atoms with van der Waals surface area (Å²) < 4.78 is 0. The number of carbonyl (C=O) groups is 1. The molecule has 1 aromatic heterocycles. The number of anilines is 3. The predicted molar refractivity (Wildman–Crippen MR) is 118 cm³/mol. The number of benzene rings is 2. The quantitative estimate of drug-likeness (QED) is 0.478. The molecule has 0 spiro atoms. The fourth-order valence-corrected chi connectivity index (χ4v) is 3.69. The highest BCUT2D eigenvalue weighted by Gasteiger charge is 2.31. The molecule has 2 aromatic carbocycles. The van der Waals surface area contributed by atoms with Gasteiger partial charge in [0.15, 0.2) is 10.6 Å². The van der Waals surface area contributed by atoms with E-state index in [1.165, 1.54) is 5.01 Å². The van der Waals surface area contributed by atoms with Gasteiger partial charge < -0.3 is 5.32 Å². The molecule has 4 rings (SSSR count). The topological polar surface area (TPSA) is 118 Å². The minimum atomic E-state index is -0.304. The van der Waals surface area contributed by atoms with Crippen molar-refractivity contribution in [2.24, 2.45) is 5.10 Å². The molecule has 0 aliphatic carbocycles. The fourth-order valence-electron chi connectivity index (χ4n) is 2.74. The van der Waals surface area contributed by atoms with Crippen molar-refractivity contribution >= 4 is 39.8 Å². The Morgan fingerprint density at radius 2 is 1.74 bits per heavy atom. The summed E-state index contributed by atoms with van der Waals surface area (Å²) in [7, 11) is 0. The highest BCUT2D eigenvalue weighted by atomic mass is 32.2. The Labute approximate surface area is 182 Å².